The van der Waals surface area contributed by atoms with E-state index in [1.54, 1.807) is 0 Å². The Bertz CT molecular complexity index is 426. The van der Waals surface area contributed by atoms with Gasteiger partial charge in [0.25, 0.3) is 0 Å². The first-order chi connectivity index (χ1) is 7.34. The van der Waals surface area contributed by atoms with Gasteiger partial charge in [-0.2, -0.15) is 0 Å². The lowest BCUT2D eigenvalue weighted by Crippen LogP contribution is -2.33. The van der Waals surface area contributed by atoms with E-state index in [0.717, 1.165) is 6.07 Å². The summed E-state index contributed by atoms with van der Waals surface area (Å²) in [6.07, 6.45) is -3.70. The van der Waals surface area contributed by atoms with E-state index in [1.165, 1.54) is 6.07 Å². The maximum Gasteiger partial charge on any atom is 0.249 e. The lowest BCUT2D eigenvalue weighted by molar-refractivity contribution is -0.132. The van der Waals surface area contributed by atoms with E-state index in [9.17, 15) is 24.5 Å². The molecule has 0 spiro atoms. The Labute approximate surface area is 98.4 Å². The second kappa shape index (κ2) is 4.77. The average molecular weight is 294 g/mol. The molecule has 1 aromatic rings. The molecule has 0 radical (unpaired) electrons. The predicted octanol–water partition coefficient (Wildman–Crippen LogP) is 0.173. The number of primary amides is 1. The van der Waals surface area contributed by atoms with Crippen LogP contribution in [0.1, 0.15) is 11.7 Å². The summed E-state index contributed by atoms with van der Waals surface area (Å²) >= 11 is 2.94. The zero-order valence-corrected chi connectivity index (χ0v) is 9.48. The van der Waals surface area contributed by atoms with Crippen LogP contribution in [0.5, 0.6) is 5.75 Å². The number of halogens is 2. The van der Waals surface area contributed by atoms with Crippen LogP contribution in [-0.4, -0.2) is 27.3 Å². The molecule has 0 fully saturated rings. The third-order valence-corrected chi connectivity index (χ3v) is 2.42. The highest BCUT2D eigenvalue weighted by molar-refractivity contribution is 9.10. The van der Waals surface area contributed by atoms with Crippen molar-refractivity contribution in [2.24, 2.45) is 5.73 Å². The summed E-state index contributed by atoms with van der Waals surface area (Å²) in [6.45, 7) is 0. The van der Waals surface area contributed by atoms with Crippen molar-refractivity contribution >= 4 is 21.8 Å². The molecule has 0 bridgehead atoms. The molecule has 5 N–H and O–H groups in total. The highest BCUT2D eigenvalue weighted by Gasteiger charge is 2.27. The Morgan fingerprint density at radius 3 is 2.50 bits per heavy atom. The van der Waals surface area contributed by atoms with Crippen LogP contribution in [0.2, 0.25) is 0 Å². The molecule has 2 atom stereocenters. The zero-order chi connectivity index (χ0) is 12.5. The van der Waals surface area contributed by atoms with E-state index >= 15 is 0 Å². The number of nitrogens with two attached hydrogens (primary N) is 1. The summed E-state index contributed by atoms with van der Waals surface area (Å²) in [6, 6.07) is 2.15. The van der Waals surface area contributed by atoms with Crippen LogP contribution in [-0.2, 0) is 4.79 Å². The lowest BCUT2D eigenvalue weighted by Gasteiger charge is -2.16. The largest absolute Gasteiger partial charge is 0.505 e. The molecule has 0 aromatic heterocycles. The van der Waals surface area contributed by atoms with Crippen molar-refractivity contribution in [2.75, 3.05) is 0 Å². The van der Waals surface area contributed by atoms with Crippen molar-refractivity contribution in [1.29, 1.82) is 0 Å². The van der Waals surface area contributed by atoms with Crippen LogP contribution < -0.4 is 5.73 Å². The van der Waals surface area contributed by atoms with Gasteiger partial charge in [0.15, 0.2) is 17.7 Å². The number of aliphatic hydroxyl groups excluding tert-OH is 2. The van der Waals surface area contributed by atoms with E-state index in [0.29, 0.717) is 0 Å². The lowest BCUT2D eigenvalue weighted by atomic mass is 10.0. The number of amides is 1. The zero-order valence-electron chi connectivity index (χ0n) is 7.89. The van der Waals surface area contributed by atoms with Crippen molar-refractivity contribution in [3.05, 3.63) is 28.0 Å². The first kappa shape index (κ1) is 12.9. The van der Waals surface area contributed by atoms with Gasteiger partial charge in [0.1, 0.15) is 6.10 Å². The van der Waals surface area contributed by atoms with Crippen molar-refractivity contribution in [2.45, 2.75) is 12.2 Å². The van der Waals surface area contributed by atoms with Crippen LogP contribution in [0.25, 0.3) is 0 Å². The molecule has 7 heteroatoms. The van der Waals surface area contributed by atoms with Gasteiger partial charge >= 0.3 is 0 Å². The summed E-state index contributed by atoms with van der Waals surface area (Å²) in [5.74, 6) is -3.00. The fraction of sp³-hybridized carbons (Fsp3) is 0.222. The molecule has 0 aliphatic heterocycles. The fourth-order valence-electron chi connectivity index (χ4n) is 1.14. The first-order valence-corrected chi connectivity index (χ1v) is 4.97. The number of benzene rings is 1. The maximum absolute atomic E-state index is 13.1. The third kappa shape index (κ3) is 2.49. The van der Waals surface area contributed by atoms with Gasteiger partial charge < -0.3 is 21.1 Å². The highest BCUT2D eigenvalue weighted by atomic mass is 79.9. The molecule has 0 saturated heterocycles. The summed E-state index contributed by atoms with van der Waals surface area (Å²) in [4.78, 5) is 10.6. The van der Waals surface area contributed by atoms with Crippen LogP contribution in [0.4, 0.5) is 4.39 Å². The summed E-state index contributed by atoms with van der Waals surface area (Å²) in [5, 5.41) is 28.0. The minimum absolute atomic E-state index is 0.244. The number of phenols is 1. The van der Waals surface area contributed by atoms with E-state index < -0.39 is 29.7 Å². The van der Waals surface area contributed by atoms with Crippen molar-refractivity contribution < 1.29 is 24.5 Å². The Morgan fingerprint density at radius 1 is 1.44 bits per heavy atom. The molecular weight excluding hydrogens is 285 g/mol. The first-order valence-electron chi connectivity index (χ1n) is 4.18. The van der Waals surface area contributed by atoms with Crippen molar-refractivity contribution in [3.8, 4) is 5.75 Å². The second-order valence-electron chi connectivity index (χ2n) is 3.12. The van der Waals surface area contributed by atoms with E-state index in [1.807, 2.05) is 0 Å². The van der Waals surface area contributed by atoms with E-state index in [4.69, 9.17) is 5.73 Å². The third-order valence-electron chi connectivity index (χ3n) is 1.97. The highest BCUT2D eigenvalue weighted by Crippen LogP contribution is 2.32. The smallest absolute Gasteiger partial charge is 0.249 e. The normalized spacial score (nSPS) is 14.5. The predicted molar refractivity (Wildman–Crippen MR) is 55.9 cm³/mol. The molecule has 1 rings (SSSR count). The van der Waals surface area contributed by atoms with Gasteiger partial charge in [0, 0.05) is 10.0 Å². The number of aliphatic hydroxyl groups is 2. The van der Waals surface area contributed by atoms with E-state index in [-0.39, 0.29) is 10.0 Å². The number of carbonyl (C=O) groups is 1. The molecule has 0 saturated carbocycles. The Kier molecular flexibility index (Phi) is 3.84. The van der Waals surface area contributed by atoms with Crippen LogP contribution >= 0.6 is 15.9 Å². The Morgan fingerprint density at radius 2 is 2.00 bits per heavy atom. The van der Waals surface area contributed by atoms with Gasteiger partial charge in [0.2, 0.25) is 5.91 Å². The van der Waals surface area contributed by atoms with E-state index in [2.05, 4.69) is 15.9 Å². The number of carbonyl (C=O) groups excluding carboxylic acids is 1. The molecule has 1 amide bonds. The average Bonchev–Trinajstić information content (AvgIpc) is 2.21. The van der Waals surface area contributed by atoms with Gasteiger partial charge in [-0.1, -0.05) is 15.9 Å². The SMILES string of the molecule is NC(=O)C(O)C(O)c1cc(Br)cc(F)c1O. The minimum Gasteiger partial charge on any atom is -0.505 e. The number of hydrogen-bond acceptors (Lipinski definition) is 4. The molecule has 2 unspecified atom stereocenters. The molecular formula is C9H9BrFNO4. The second-order valence-corrected chi connectivity index (χ2v) is 4.03. The standard InChI is InChI=1S/C9H9BrFNO4/c10-3-1-4(6(13)5(11)2-3)7(14)8(15)9(12)16/h1-2,7-8,13-15H,(H2,12,16). The molecule has 16 heavy (non-hydrogen) atoms. The number of phenolic OH excluding ortho intramolecular Hbond substituents is 1. The van der Waals surface area contributed by atoms with Gasteiger partial charge in [0.05, 0.1) is 0 Å². The summed E-state index contributed by atoms with van der Waals surface area (Å²) < 4.78 is 13.3. The molecule has 5 nitrogen and oxygen atoms in total. The molecule has 1 aromatic carbocycles. The molecule has 88 valence electrons. The Balaban J connectivity index is 3.17. The van der Waals surface area contributed by atoms with Crippen LogP contribution in [0, 0.1) is 5.82 Å². The quantitative estimate of drug-likeness (QED) is 0.638. The van der Waals surface area contributed by atoms with Crippen LogP contribution in [0.3, 0.4) is 0 Å². The topological polar surface area (TPSA) is 104 Å². The molecule has 0 heterocycles. The Hall–Kier alpha value is -1.18. The minimum atomic E-state index is -1.92. The molecule has 0 aliphatic rings. The summed E-state index contributed by atoms with van der Waals surface area (Å²) in [5.41, 5.74) is 4.44. The maximum atomic E-state index is 13.1. The fourth-order valence-corrected chi connectivity index (χ4v) is 1.58. The van der Waals surface area contributed by atoms with Gasteiger partial charge in [-0.3, -0.25) is 4.79 Å². The monoisotopic (exact) mass is 293 g/mol. The van der Waals surface area contributed by atoms with Gasteiger partial charge in [-0.25, -0.2) is 4.39 Å². The number of hydrogen-bond donors (Lipinski definition) is 4. The van der Waals surface area contributed by atoms with Crippen LogP contribution in [0.15, 0.2) is 16.6 Å². The van der Waals surface area contributed by atoms with Gasteiger partial charge in [-0.05, 0) is 12.1 Å². The van der Waals surface area contributed by atoms with Crippen molar-refractivity contribution in [1.82, 2.24) is 0 Å². The number of aromatic hydroxyl groups is 1. The van der Waals surface area contributed by atoms with Crippen molar-refractivity contribution in [3.63, 3.8) is 0 Å². The van der Waals surface area contributed by atoms with Gasteiger partial charge in [-0.15, -0.1) is 0 Å². The number of rotatable bonds is 3. The molecule has 0 aliphatic carbocycles. The summed E-state index contributed by atoms with van der Waals surface area (Å²) in [7, 11) is 0.